The molecule has 0 aromatic heterocycles. The lowest BCUT2D eigenvalue weighted by atomic mass is 9.83. The first-order chi connectivity index (χ1) is 14.1. The van der Waals surface area contributed by atoms with Crippen LogP contribution in [-0.2, 0) is 19.4 Å². The maximum absolute atomic E-state index is 6.10. The molecule has 3 heteroatoms. The van der Waals surface area contributed by atoms with Gasteiger partial charge in [-0.25, -0.2) is 0 Å². The van der Waals surface area contributed by atoms with Gasteiger partial charge < -0.3 is 9.64 Å². The minimum atomic E-state index is 0. The number of fused-ring (bicyclic) bond motifs is 1. The third-order valence-electron chi connectivity index (χ3n) is 5.88. The van der Waals surface area contributed by atoms with E-state index in [1.807, 2.05) is 0 Å². The Morgan fingerprint density at radius 2 is 1.53 bits per heavy atom. The Hall–Kier alpha value is -2.29. The van der Waals surface area contributed by atoms with Gasteiger partial charge in [0.2, 0.25) is 0 Å². The Labute approximate surface area is 187 Å². The van der Waals surface area contributed by atoms with Gasteiger partial charge in [-0.2, -0.15) is 0 Å². The van der Waals surface area contributed by atoms with Crippen molar-refractivity contribution in [2.75, 3.05) is 20.6 Å². The van der Waals surface area contributed by atoms with Crippen LogP contribution in [0.3, 0.4) is 0 Å². The van der Waals surface area contributed by atoms with E-state index in [2.05, 4.69) is 92.6 Å². The Morgan fingerprint density at radius 1 is 0.867 bits per heavy atom. The molecule has 3 aromatic rings. The van der Waals surface area contributed by atoms with Crippen molar-refractivity contribution in [1.29, 1.82) is 0 Å². The fourth-order valence-corrected chi connectivity index (χ4v) is 4.27. The fraction of sp³-hybridized carbons (Fsp3) is 0.333. The lowest BCUT2D eigenvalue weighted by molar-refractivity contribution is 0.297. The van der Waals surface area contributed by atoms with Gasteiger partial charge in [0.15, 0.2) is 0 Å². The lowest BCUT2D eigenvalue weighted by Crippen LogP contribution is -2.26. The second kappa shape index (κ2) is 10.1. The van der Waals surface area contributed by atoms with Gasteiger partial charge in [0, 0.05) is 6.54 Å². The van der Waals surface area contributed by atoms with Crippen LogP contribution in [0, 0.1) is 12.8 Å². The van der Waals surface area contributed by atoms with Crippen LogP contribution in [0.5, 0.6) is 5.75 Å². The Bertz CT molecular complexity index is 948. The molecule has 0 aliphatic heterocycles. The number of halogens is 1. The zero-order valence-corrected chi connectivity index (χ0v) is 19.0. The van der Waals surface area contributed by atoms with Crippen molar-refractivity contribution >= 4 is 12.4 Å². The minimum absolute atomic E-state index is 0. The number of nitrogens with zero attached hydrogens (tertiary/aromatic N) is 1. The van der Waals surface area contributed by atoms with E-state index in [0.29, 0.717) is 6.61 Å². The van der Waals surface area contributed by atoms with Gasteiger partial charge in [0.05, 0.1) is 0 Å². The average Bonchev–Trinajstić information content (AvgIpc) is 2.73. The summed E-state index contributed by atoms with van der Waals surface area (Å²) in [6, 6.07) is 24.0. The summed E-state index contributed by atoms with van der Waals surface area (Å²) in [5, 5.41) is 0. The summed E-state index contributed by atoms with van der Waals surface area (Å²) >= 11 is 0. The predicted octanol–water partition coefficient (Wildman–Crippen LogP) is 6.33. The summed E-state index contributed by atoms with van der Waals surface area (Å²) in [7, 11) is 4.33. The Kier molecular flexibility index (Phi) is 7.58. The van der Waals surface area contributed by atoms with E-state index in [1.54, 1.807) is 0 Å². The molecule has 2 nitrogen and oxygen atoms in total. The van der Waals surface area contributed by atoms with E-state index in [4.69, 9.17) is 4.74 Å². The molecule has 1 atom stereocenters. The van der Waals surface area contributed by atoms with E-state index in [9.17, 15) is 0 Å². The van der Waals surface area contributed by atoms with Gasteiger partial charge in [0.25, 0.3) is 0 Å². The number of rotatable bonds is 6. The minimum Gasteiger partial charge on any atom is -0.489 e. The van der Waals surface area contributed by atoms with Crippen molar-refractivity contribution in [3.05, 3.63) is 89.0 Å². The molecule has 0 saturated carbocycles. The van der Waals surface area contributed by atoms with Crippen LogP contribution >= 0.6 is 12.4 Å². The van der Waals surface area contributed by atoms with Crippen LogP contribution in [0.15, 0.2) is 66.7 Å². The standard InChI is InChI=1S/C27H31NO.ClH/c1-20-4-9-23(10-5-20)24-11-6-21(7-12-24)19-29-27-15-14-25-16-22(18-28(2)3)8-13-26(25)17-27;/h4-7,9-12,14-15,17,22H,8,13,16,18-19H2,1-3H3;1H. The molecule has 0 saturated heterocycles. The molecule has 0 heterocycles. The van der Waals surface area contributed by atoms with Crippen LogP contribution in [0.2, 0.25) is 0 Å². The first-order valence-corrected chi connectivity index (χ1v) is 10.6. The normalized spacial score (nSPS) is 15.4. The van der Waals surface area contributed by atoms with Crippen molar-refractivity contribution in [2.45, 2.75) is 32.8 Å². The monoisotopic (exact) mass is 421 g/mol. The zero-order valence-electron chi connectivity index (χ0n) is 18.2. The molecule has 30 heavy (non-hydrogen) atoms. The summed E-state index contributed by atoms with van der Waals surface area (Å²) < 4.78 is 6.10. The van der Waals surface area contributed by atoms with Crippen molar-refractivity contribution in [1.82, 2.24) is 4.90 Å². The first-order valence-electron chi connectivity index (χ1n) is 10.6. The molecular formula is C27H32ClNO. The van der Waals surface area contributed by atoms with Crippen molar-refractivity contribution in [2.24, 2.45) is 5.92 Å². The second-order valence-corrected chi connectivity index (χ2v) is 8.65. The SMILES string of the molecule is Cc1ccc(-c2ccc(COc3ccc4c(c3)CCC(CN(C)C)C4)cc2)cc1.Cl. The molecule has 0 bridgehead atoms. The second-order valence-electron chi connectivity index (χ2n) is 8.65. The van der Waals surface area contributed by atoms with E-state index >= 15 is 0 Å². The molecule has 158 valence electrons. The van der Waals surface area contributed by atoms with Crippen LogP contribution < -0.4 is 4.74 Å². The molecule has 1 aliphatic carbocycles. The highest BCUT2D eigenvalue weighted by Gasteiger charge is 2.19. The summed E-state index contributed by atoms with van der Waals surface area (Å²) in [6.07, 6.45) is 3.62. The number of benzene rings is 3. The van der Waals surface area contributed by atoms with Gasteiger partial charge in [-0.15, -0.1) is 12.4 Å². The van der Waals surface area contributed by atoms with Gasteiger partial charge in [-0.1, -0.05) is 60.2 Å². The highest BCUT2D eigenvalue weighted by Crippen LogP contribution is 2.29. The number of hydrogen-bond acceptors (Lipinski definition) is 2. The van der Waals surface area contributed by atoms with Gasteiger partial charge >= 0.3 is 0 Å². The average molecular weight is 422 g/mol. The summed E-state index contributed by atoms with van der Waals surface area (Å²) in [4.78, 5) is 2.30. The highest BCUT2D eigenvalue weighted by molar-refractivity contribution is 5.85. The number of ether oxygens (including phenoxy) is 1. The molecule has 0 spiro atoms. The molecule has 1 unspecified atom stereocenters. The zero-order chi connectivity index (χ0) is 20.2. The summed E-state index contributed by atoms with van der Waals surface area (Å²) in [5.74, 6) is 1.76. The lowest BCUT2D eigenvalue weighted by Gasteiger charge is -2.27. The van der Waals surface area contributed by atoms with E-state index in [-0.39, 0.29) is 12.4 Å². The summed E-state index contributed by atoms with van der Waals surface area (Å²) in [5.41, 5.74) is 7.95. The van der Waals surface area contributed by atoms with Crippen LogP contribution in [0.4, 0.5) is 0 Å². The van der Waals surface area contributed by atoms with Crippen LogP contribution in [0.1, 0.15) is 28.7 Å². The van der Waals surface area contributed by atoms with Crippen LogP contribution in [-0.4, -0.2) is 25.5 Å². The highest BCUT2D eigenvalue weighted by atomic mass is 35.5. The maximum atomic E-state index is 6.10. The van der Waals surface area contributed by atoms with Crippen molar-refractivity contribution < 1.29 is 4.74 Å². The Morgan fingerprint density at radius 3 is 2.20 bits per heavy atom. The molecule has 4 rings (SSSR count). The molecule has 0 amide bonds. The van der Waals surface area contributed by atoms with E-state index in [0.717, 1.165) is 18.1 Å². The molecule has 1 aliphatic rings. The van der Waals surface area contributed by atoms with Crippen molar-refractivity contribution in [3.63, 3.8) is 0 Å². The largest absolute Gasteiger partial charge is 0.489 e. The molecule has 0 radical (unpaired) electrons. The topological polar surface area (TPSA) is 12.5 Å². The fourth-order valence-electron chi connectivity index (χ4n) is 4.27. The third kappa shape index (κ3) is 5.65. The van der Waals surface area contributed by atoms with Crippen LogP contribution in [0.25, 0.3) is 11.1 Å². The Balaban J connectivity index is 0.00000256. The maximum Gasteiger partial charge on any atom is 0.120 e. The smallest absolute Gasteiger partial charge is 0.120 e. The first kappa shape index (κ1) is 22.4. The van der Waals surface area contributed by atoms with Gasteiger partial charge in [-0.05, 0) is 86.1 Å². The quantitative estimate of drug-likeness (QED) is 0.461. The van der Waals surface area contributed by atoms with Crippen molar-refractivity contribution in [3.8, 4) is 16.9 Å². The number of aryl methyl sites for hydroxylation is 2. The molecule has 0 N–H and O–H groups in total. The summed E-state index contributed by atoms with van der Waals surface area (Å²) in [6.45, 7) is 3.90. The molecule has 3 aromatic carbocycles. The van der Waals surface area contributed by atoms with E-state index in [1.165, 1.54) is 52.8 Å². The third-order valence-corrected chi connectivity index (χ3v) is 5.88. The number of hydrogen-bond donors (Lipinski definition) is 0. The van der Waals surface area contributed by atoms with Gasteiger partial charge in [0.1, 0.15) is 12.4 Å². The molecular weight excluding hydrogens is 390 g/mol. The van der Waals surface area contributed by atoms with E-state index < -0.39 is 0 Å². The molecule has 0 fully saturated rings. The van der Waals surface area contributed by atoms with Gasteiger partial charge in [-0.3, -0.25) is 0 Å². The predicted molar refractivity (Wildman–Crippen MR) is 129 cm³/mol.